The van der Waals surface area contributed by atoms with Gasteiger partial charge in [-0.1, -0.05) is 67.9 Å². The average Bonchev–Trinajstić information content (AvgIpc) is 2.97. The van der Waals surface area contributed by atoms with Gasteiger partial charge in [0, 0.05) is 29.4 Å². The summed E-state index contributed by atoms with van der Waals surface area (Å²) in [6.45, 7) is 4.80. The monoisotopic (exact) mass is 476 g/mol. The highest BCUT2D eigenvalue weighted by molar-refractivity contribution is 6.30. The summed E-state index contributed by atoms with van der Waals surface area (Å²) in [5.74, 6) is 0.341. The van der Waals surface area contributed by atoms with E-state index in [1.165, 1.54) is 0 Å². The lowest BCUT2D eigenvalue weighted by molar-refractivity contribution is -0.139. The number of halogens is 1. The summed E-state index contributed by atoms with van der Waals surface area (Å²) in [6.07, 6.45) is 0.728. The molecule has 5 nitrogen and oxygen atoms in total. The van der Waals surface area contributed by atoms with Crippen molar-refractivity contribution < 1.29 is 14.3 Å². The summed E-state index contributed by atoms with van der Waals surface area (Å²) < 4.78 is 6.08. The molecule has 34 heavy (non-hydrogen) atoms. The summed E-state index contributed by atoms with van der Waals surface area (Å²) in [6, 6.07) is 22.9. The van der Waals surface area contributed by atoms with Gasteiger partial charge in [-0.25, -0.2) is 0 Å². The Morgan fingerprint density at radius 2 is 1.82 bits per heavy atom. The lowest BCUT2D eigenvalue weighted by atomic mass is 9.95. The van der Waals surface area contributed by atoms with Gasteiger partial charge in [-0.05, 0) is 54.3 Å². The molecular formula is C28H29ClN2O3. The normalized spacial score (nSPS) is 16.3. The molecule has 0 aromatic heterocycles. The first kappa shape index (κ1) is 23.8. The number of amides is 2. The van der Waals surface area contributed by atoms with Crippen LogP contribution in [0.4, 0.5) is 5.69 Å². The standard InChI is InChI=1S/C28H29ClN2O3/c1-3-24(20-8-6-5-7-9-20)27(32)30-23-14-15-26-21(16-23)18-31(28(33)25(4-2)34-26)17-19-10-12-22(29)13-11-19/h5-16,24-25H,3-4,17-18H2,1-2H3,(H,30,32)/t24-,25+/m1/s1. The number of anilines is 1. The second-order valence-corrected chi connectivity index (χ2v) is 8.96. The van der Waals surface area contributed by atoms with Gasteiger partial charge in [0.15, 0.2) is 6.10 Å². The van der Waals surface area contributed by atoms with Crippen molar-refractivity contribution in [3.05, 3.63) is 94.5 Å². The minimum atomic E-state index is -0.545. The number of hydrogen-bond acceptors (Lipinski definition) is 3. The molecule has 1 aliphatic heterocycles. The molecule has 6 heteroatoms. The molecule has 0 aliphatic carbocycles. The first-order valence-electron chi connectivity index (χ1n) is 11.7. The van der Waals surface area contributed by atoms with Crippen LogP contribution in [0.2, 0.25) is 5.02 Å². The van der Waals surface area contributed by atoms with Crippen LogP contribution in [-0.4, -0.2) is 22.8 Å². The first-order chi connectivity index (χ1) is 16.5. The molecule has 3 aromatic carbocycles. The Labute approximate surface area is 205 Å². The zero-order valence-electron chi connectivity index (χ0n) is 19.5. The maximum Gasteiger partial charge on any atom is 0.264 e. The maximum atomic E-state index is 13.2. The average molecular weight is 477 g/mol. The summed E-state index contributed by atoms with van der Waals surface area (Å²) in [4.78, 5) is 28.0. The topological polar surface area (TPSA) is 58.6 Å². The van der Waals surface area contributed by atoms with E-state index in [1.807, 2.05) is 86.6 Å². The Morgan fingerprint density at radius 3 is 2.50 bits per heavy atom. The Hall–Kier alpha value is -3.31. The molecule has 3 aromatic rings. The molecule has 2 amide bonds. The van der Waals surface area contributed by atoms with Gasteiger partial charge in [-0.3, -0.25) is 9.59 Å². The van der Waals surface area contributed by atoms with Gasteiger partial charge >= 0.3 is 0 Å². The summed E-state index contributed by atoms with van der Waals surface area (Å²) in [5, 5.41) is 3.72. The smallest absolute Gasteiger partial charge is 0.264 e. The van der Waals surface area contributed by atoms with E-state index in [0.29, 0.717) is 42.4 Å². The Bertz CT molecular complexity index is 1150. The second-order valence-electron chi connectivity index (χ2n) is 8.52. The van der Waals surface area contributed by atoms with Crippen molar-refractivity contribution in [2.45, 2.75) is 51.8 Å². The number of carbonyl (C=O) groups excluding carboxylic acids is 2. The van der Waals surface area contributed by atoms with Gasteiger partial charge in [-0.2, -0.15) is 0 Å². The van der Waals surface area contributed by atoms with Crippen molar-refractivity contribution in [1.29, 1.82) is 0 Å². The van der Waals surface area contributed by atoms with Crippen LogP contribution in [0.5, 0.6) is 5.75 Å². The number of carbonyl (C=O) groups is 2. The Kier molecular flexibility index (Phi) is 7.53. The lowest BCUT2D eigenvalue weighted by Crippen LogP contribution is -2.38. The van der Waals surface area contributed by atoms with Gasteiger partial charge in [0.05, 0.1) is 5.92 Å². The van der Waals surface area contributed by atoms with Crippen LogP contribution in [0.15, 0.2) is 72.8 Å². The van der Waals surface area contributed by atoms with Gasteiger partial charge in [0.1, 0.15) is 5.75 Å². The van der Waals surface area contributed by atoms with E-state index in [1.54, 1.807) is 4.90 Å². The molecule has 0 spiro atoms. The number of nitrogens with one attached hydrogen (secondary N) is 1. The van der Waals surface area contributed by atoms with E-state index < -0.39 is 6.10 Å². The van der Waals surface area contributed by atoms with Crippen molar-refractivity contribution in [3.63, 3.8) is 0 Å². The molecule has 0 radical (unpaired) electrons. The molecule has 4 rings (SSSR count). The maximum absolute atomic E-state index is 13.2. The van der Waals surface area contributed by atoms with Crippen molar-refractivity contribution >= 4 is 29.1 Å². The predicted molar refractivity (Wildman–Crippen MR) is 135 cm³/mol. The van der Waals surface area contributed by atoms with Gasteiger partial charge in [0.2, 0.25) is 5.91 Å². The molecule has 1 heterocycles. The second kappa shape index (κ2) is 10.7. The molecule has 1 aliphatic rings. The quantitative estimate of drug-likeness (QED) is 0.443. The van der Waals surface area contributed by atoms with Crippen LogP contribution in [0, 0.1) is 0 Å². The number of rotatable bonds is 7. The third-order valence-electron chi connectivity index (χ3n) is 6.13. The molecule has 0 saturated carbocycles. The van der Waals surface area contributed by atoms with Crippen molar-refractivity contribution in [2.24, 2.45) is 0 Å². The van der Waals surface area contributed by atoms with Crippen LogP contribution in [-0.2, 0) is 22.7 Å². The van der Waals surface area contributed by atoms with Crippen LogP contribution < -0.4 is 10.1 Å². The summed E-state index contributed by atoms with van der Waals surface area (Å²) in [5.41, 5.74) is 3.54. The van der Waals surface area contributed by atoms with Crippen LogP contribution in [0.3, 0.4) is 0 Å². The van der Waals surface area contributed by atoms with Crippen LogP contribution in [0.25, 0.3) is 0 Å². The largest absolute Gasteiger partial charge is 0.480 e. The Balaban J connectivity index is 1.56. The highest BCUT2D eigenvalue weighted by Gasteiger charge is 2.30. The van der Waals surface area contributed by atoms with Crippen molar-refractivity contribution in [1.82, 2.24) is 4.90 Å². The van der Waals surface area contributed by atoms with Crippen LogP contribution >= 0.6 is 11.6 Å². The zero-order valence-corrected chi connectivity index (χ0v) is 20.2. The lowest BCUT2D eigenvalue weighted by Gasteiger charge is -2.23. The molecular weight excluding hydrogens is 448 g/mol. The minimum Gasteiger partial charge on any atom is -0.480 e. The van der Waals surface area contributed by atoms with Crippen molar-refractivity contribution in [2.75, 3.05) is 5.32 Å². The zero-order chi connectivity index (χ0) is 24.1. The number of benzene rings is 3. The molecule has 2 atom stereocenters. The minimum absolute atomic E-state index is 0.0469. The molecule has 1 N–H and O–H groups in total. The fourth-order valence-corrected chi connectivity index (χ4v) is 4.40. The summed E-state index contributed by atoms with van der Waals surface area (Å²) >= 11 is 6.02. The van der Waals surface area contributed by atoms with E-state index >= 15 is 0 Å². The van der Waals surface area contributed by atoms with E-state index in [4.69, 9.17) is 16.3 Å². The summed E-state index contributed by atoms with van der Waals surface area (Å²) in [7, 11) is 0. The van der Waals surface area contributed by atoms with Gasteiger partial charge in [0.25, 0.3) is 5.91 Å². The highest BCUT2D eigenvalue weighted by Crippen LogP contribution is 2.31. The van der Waals surface area contributed by atoms with E-state index in [-0.39, 0.29) is 17.7 Å². The highest BCUT2D eigenvalue weighted by atomic mass is 35.5. The Morgan fingerprint density at radius 1 is 1.09 bits per heavy atom. The first-order valence-corrected chi connectivity index (χ1v) is 12.0. The van der Waals surface area contributed by atoms with Gasteiger partial charge in [-0.15, -0.1) is 0 Å². The third-order valence-corrected chi connectivity index (χ3v) is 6.38. The number of nitrogens with zero attached hydrogens (tertiary/aromatic N) is 1. The van der Waals surface area contributed by atoms with Gasteiger partial charge < -0.3 is 15.0 Å². The molecule has 176 valence electrons. The predicted octanol–water partition coefficient (Wildman–Crippen LogP) is 6.17. The third kappa shape index (κ3) is 5.42. The molecule has 0 bridgehead atoms. The fourth-order valence-electron chi connectivity index (χ4n) is 4.28. The molecule has 0 saturated heterocycles. The number of ether oxygens (including phenoxy) is 1. The molecule has 0 fully saturated rings. The van der Waals surface area contributed by atoms with E-state index in [0.717, 1.165) is 16.7 Å². The van der Waals surface area contributed by atoms with Crippen molar-refractivity contribution in [3.8, 4) is 5.75 Å². The number of hydrogen-bond donors (Lipinski definition) is 1. The molecule has 0 unspecified atom stereocenters. The van der Waals surface area contributed by atoms with E-state index in [9.17, 15) is 9.59 Å². The van der Waals surface area contributed by atoms with Crippen LogP contribution in [0.1, 0.15) is 49.3 Å². The SMILES string of the molecule is CC[C@@H]1Oc2ccc(NC(=O)[C@H](CC)c3ccccc3)cc2CN(Cc2ccc(Cl)cc2)C1=O. The fraction of sp³-hybridized carbons (Fsp3) is 0.286. The number of fused-ring (bicyclic) bond motifs is 1. The van der Waals surface area contributed by atoms with E-state index in [2.05, 4.69) is 5.32 Å².